The van der Waals surface area contributed by atoms with E-state index in [1.807, 2.05) is 0 Å². The maximum Gasteiger partial charge on any atom is 0.238 e. The van der Waals surface area contributed by atoms with Crippen LogP contribution in [0.1, 0.15) is 38.5 Å². The van der Waals surface area contributed by atoms with Gasteiger partial charge in [0.15, 0.2) is 9.84 Å². The van der Waals surface area contributed by atoms with Crippen molar-refractivity contribution >= 4 is 27.3 Å². The van der Waals surface area contributed by atoms with E-state index in [1.54, 1.807) is 0 Å². The monoisotopic (exact) mass is 281 g/mol. The summed E-state index contributed by atoms with van der Waals surface area (Å²) < 4.78 is 23.4. The van der Waals surface area contributed by atoms with E-state index < -0.39 is 15.1 Å². The lowest BCUT2D eigenvalue weighted by atomic mass is 10.2. The number of unbranched alkanes of at least 4 members (excludes halogenated alkanes) is 2. The Morgan fingerprint density at radius 3 is 2.65 bits per heavy atom. The molecule has 1 aliphatic rings. The quantitative estimate of drug-likeness (QED) is 0.592. The summed E-state index contributed by atoms with van der Waals surface area (Å²) in [6.45, 7) is 0.543. The molecule has 1 unspecified atom stereocenters. The number of hydrogen-bond donors (Lipinski definition) is 1. The standard InChI is InChI=1S/C11H20ClNO3S/c12-7-3-1-4-8-13-11(14)10-6-2-5-9-17(10,15)16/h10H,1-9H2,(H,13,14). The molecule has 0 radical (unpaired) electrons. The Balaban J connectivity index is 2.31. The van der Waals surface area contributed by atoms with Crippen molar-refractivity contribution < 1.29 is 13.2 Å². The Hall–Kier alpha value is -0.290. The van der Waals surface area contributed by atoms with Crippen molar-refractivity contribution in [2.75, 3.05) is 18.2 Å². The second-order valence-corrected chi connectivity index (χ2v) is 7.07. The molecular weight excluding hydrogens is 262 g/mol. The molecule has 0 bridgehead atoms. The highest BCUT2D eigenvalue weighted by Crippen LogP contribution is 2.19. The Labute approximate surface area is 108 Å². The van der Waals surface area contributed by atoms with Gasteiger partial charge >= 0.3 is 0 Å². The van der Waals surface area contributed by atoms with Gasteiger partial charge in [0.2, 0.25) is 5.91 Å². The van der Waals surface area contributed by atoms with Crippen molar-refractivity contribution in [3.63, 3.8) is 0 Å². The Morgan fingerprint density at radius 2 is 2.00 bits per heavy atom. The van der Waals surface area contributed by atoms with Crippen molar-refractivity contribution in [2.24, 2.45) is 0 Å². The molecule has 0 spiro atoms. The molecule has 6 heteroatoms. The number of amides is 1. The van der Waals surface area contributed by atoms with Gasteiger partial charge < -0.3 is 5.32 Å². The maximum atomic E-state index is 11.7. The smallest absolute Gasteiger partial charge is 0.238 e. The molecule has 1 heterocycles. The summed E-state index contributed by atoms with van der Waals surface area (Å²) in [5.41, 5.74) is 0. The molecule has 1 atom stereocenters. The van der Waals surface area contributed by atoms with E-state index in [0.29, 0.717) is 25.3 Å². The summed E-state index contributed by atoms with van der Waals surface area (Å²) in [5, 5.41) is 1.89. The van der Waals surface area contributed by atoms with Crippen LogP contribution in [0, 0.1) is 0 Å². The number of hydrogen-bond acceptors (Lipinski definition) is 3. The molecular formula is C11H20ClNO3S. The van der Waals surface area contributed by atoms with Crippen LogP contribution in [-0.2, 0) is 14.6 Å². The first-order valence-electron chi connectivity index (χ1n) is 6.13. The molecule has 1 amide bonds. The fraction of sp³-hybridized carbons (Fsp3) is 0.909. The minimum atomic E-state index is -3.20. The van der Waals surface area contributed by atoms with Crippen LogP contribution >= 0.6 is 11.6 Å². The molecule has 17 heavy (non-hydrogen) atoms. The molecule has 1 fully saturated rings. The van der Waals surface area contributed by atoms with Gasteiger partial charge in [0.1, 0.15) is 5.25 Å². The normalized spacial score (nSPS) is 23.2. The Bertz CT molecular complexity index is 343. The van der Waals surface area contributed by atoms with Gasteiger partial charge in [-0.2, -0.15) is 0 Å². The van der Waals surface area contributed by atoms with Gasteiger partial charge in [-0.05, 0) is 25.7 Å². The first-order valence-corrected chi connectivity index (χ1v) is 8.38. The molecule has 100 valence electrons. The highest BCUT2D eigenvalue weighted by Gasteiger charge is 2.34. The van der Waals surface area contributed by atoms with Gasteiger partial charge in [0.25, 0.3) is 0 Å². The van der Waals surface area contributed by atoms with E-state index in [2.05, 4.69) is 5.32 Å². The van der Waals surface area contributed by atoms with E-state index in [9.17, 15) is 13.2 Å². The van der Waals surface area contributed by atoms with Gasteiger partial charge in [-0.3, -0.25) is 4.79 Å². The van der Waals surface area contributed by atoms with Crippen molar-refractivity contribution in [1.29, 1.82) is 0 Å². The zero-order valence-corrected chi connectivity index (χ0v) is 11.5. The zero-order chi connectivity index (χ0) is 12.7. The van der Waals surface area contributed by atoms with E-state index in [-0.39, 0.29) is 11.7 Å². The molecule has 0 aliphatic carbocycles. The van der Waals surface area contributed by atoms with Crippen LogP contribution in [0.3, 0.4) is 0 Å². The van der Waals surface area contributed by atoms with E-state index in [0.717, 1.165) is 25.7 Å². The molecule has 4 nitrogen and oxygen atoms in total. The van der Waals surface area contributed by atoms with E-state index >= 15 is 0 Å². The highest BCUT2D eigenvalue weighted by atomic mass is 35.5. The van der Waals surface area contributed by atoms with Crippen molar-refractivity contribution in [2.45, 2.75) is 43.8 Å². The van der Waals surface area contributed by atoms with Crippen LogP contribution in [0.2, 0.25) is 0 Å². The minimum absolute atomic E-state index is 0.150. The molecule has 1 aliphatic heterocycles. The van der Waals surface area contributed by atoms with Crippen molar-refractivity contribution in [1.82, 2.24) is 5.32 Å². The summed E-state index contributed by atoms with van der Waals surface area (Å²) in [6.07, 6.45) is 4.72. The number of rotatable bonds is 6. The average molecular weight is 282 g/mol. The number of carbonyl (C=O) groups excluding carboxylic acids is 1. The number of carbonyl (C=O) groups is 1. The number of sulfone groups is 1. The molecule has 0 aromatic heterocycles. The van der Waals surface area contributed by atoms with Gasteiger partial charge in [0, 0.05) is 12.4 Å². The molecule has 1 N–H and O–H groups in total. The van der Waals surface area contributed by atoms with Crippen LogP contribution in [0.5, 0.6) is 0 Å². The molecule has 0 saturated carbocycles. The fourth-order valence-electron chi connectivity index (χ4n) is 1.97. The summed E-state index contributed by atoms with van der Waals surface area (Å²) in [5.74, 6) is 0.457. The first-order chi connectivity index (χ1) is 8.08. The van der Waals surface area contributed by atoms with Crippen molar-refractivity contribution in [3.05, 3.63) is 0 Å². The fourth-order valence-corrected chi connectivity index (χ4v) is 3.99. The Morgan fingerprint density at radius 1 is 1.24 bits per heavy atom. The zero-order valence-electron chi connectivity index (χ0n) is 9.95. The van der Waals surface area contributed by atoms with Gasteiger partial charge in [0.05, 0.1) is 5.75 Å². The number of halogens is 1. The summed E-state index contributed by atoms with van der Waals surface area (Å²) in [6, 6.07) is 0. The Kier molecular flexibility index (Phi) is 6.27. The van der Waals surface area contributed by atoms with Crippen LogP contribution in [0.4, 0.5) is 0 Å². The first kappa shape index (κ1) is 14.8. The molecule has 1 rings (SSSR count). The lowest BCUT2D eigenvalue weighted by Crippen LogP contribution is -2.43. The SMILES string of the molecule is O=C(NCCCCCCl)C1CCCCS1(=O)=O. The summed E-state index contributed by atoms with van der Waals surface area (Å²) in [4.78, 5) is 11.7. The predicted molar refractivity (Wildman–Crippen MR) is 69.0 cm³/mol. The number of nitrogens with one attached hydrogen (secondary N) is 1. The topological polar surface area (TPSA) is 63.2 Å². The van der Waals surface area contributed by atoms with Crippen LogP contribution in [0.15, 0.2) is 0 Å². The van der Waals surface area contributed by atoms with Crippen molar-refractivity contribution in [3.8, 4) is 0 Å². The van der Waals surface area contributed by atoms with Crippen LogP contribution in [0.25, 0.3) is 0 Å². The third-order valence-electron chi connectivity index (χ3n) is 2.98. The third kappa shape index (κ3) is 4.84. The summed E-state index contributed by atoms with van der Waals surface area (Å²) in [7, 11) is -3.20. The minimum Gasteiger partial charge on any atom is -0.355 e. The van der Waals surface area contributed by atoms with E-state index in [4.69, 9.17) is 11.6 Å². The molecule has 0 aromatic carbocycles. The number of alkyl halides is 1. The van der Waals surface area contributed by atoms with Gasteiger partial charge in [-0.15, -0.1) is 11.6 Å². The lowest BCUT2D eigenvalue weighted by molar-refractivity contribution is -0.120. The lowest BCUT2D eigenvalue weighted by Gasteiger charge is -2.21. The third-order valence-corrected chi connectivity index (χ3v) is 5.42. The molecule has 1 saturated heterocycles. The predicted octanol–water partition coefficient (Wildman–Crippen LogP) is 1.48. The average Bonchev–Trinajstić information content (AvgIpc) is 2.28. The van der Waals surface area contributed by atoms with Crippen LogP contribution in [-0.4, -0.2) is 37.8 Å². The summed E-state index contributed by atoms with van der Waals surface area (Å²) >= 11 is 5.54. The van der Waals surface area contributed by atoms with Gasteiger partial charge in [-0.25, -0.2) is 8.42 Å². The van der Waals surface area contributed by atoms with Gasteiger partial charge in [-0.1, -0.05) is 12.8 Å². The molecule has 0 aromatic rings. The van der Waals surface area contributed by atoms with E-state index in [1.165, 1.54) is 0 Å². The highest BCUT2D eigenvalue weighted by molar-refractivity contribution is 7.92. The van der Waals surface area contributed by atoms with Crippen LogP contribution < -0.4 is 5.32 Å². The second kappa shape index (κ2) is 7.21. The second-order valence-electron chi connectivity index (χ2n) is 4.39. The largest absolute Gasteiger partial charge is 0.355 e. The maximum absolute atomic E-state index is 11.7.